The number of hydrazone groups is 1. The largest absolute Gasteiger partial charge is 0.508 e. The minimum absolute atomic E-state index is 0.0536. The van der Waals surface area contributed by atoms with E-state index in [0.717, 1.165) is 5.56 Å². The van der Waals surface area contributed by atoms with Crippen molar-refractivity contribution in [3.05, 3.63) is 47.5 Å². The highest BCUT2D eigenvalue weighted by Gasteiger charge is 2.08. The van der Waals surface area contributed by atoms with E-state index in [1.54, 1.807) is 18.2 Å². The highest BCUT2D eigenvalue weighted by molar-refractivity contribution is 5.85. The molecule has 0 unspecified atom stereocenters. The lowest BCUT2D eigenvalue weighted by atomic mass is 10.1. The third-order valence-corrected chi connectivity index (χ3v) is 3.22. The van der Waals surface area contributed by atoms with Gasteiger partial charge >= 0.3 is 0 Å². The van der Waals surface area contributed by atoms with Gasteiger partial charge in [0.2, 0.25) is 5.91 Å². The van der Waals surface area contributed by atoms with Crippen LogP contribution in [0.15, 0.2) is 41.5 Å². The quantitative estimate of drug-likeness (QED) is 0.554. The van der Waals surface area contributed by atoms with Crippen molar-refractivity contribution in [1.29, 1.82) is 0 Å². The number of aromatic hydroxyl groups is 2. The number of rotatable bonds is 6. The summed E-state index contributed by atoms with van der Waals surface area (Å²) in [5.74, 6) is 0.620. The van der Waals surface area contributed by atoms with Gasteiger partial charge in [-0.05, 0) is 29.8 Å². The summed E-state index contributed by atoms with van der Waals surface area (Å²) >= 11 is 0. The Morgan fingerprint density at radius 1 is 1.12 bits per heavy atom. The van der Waals surface area contributed by atoms with E-state index >= 15 is 0 Å². The van der Waals surface area contributed by atoms with Crippen LogP contribution in [-0.2, 0) is 11.2 Å². The zero-order chi connectivity index (χ0) is 17.5. The van der Waals surface area contributed by atoms with Gasteiger partial charge < -0.3 is 19.7 Å². The molecule has 2 rings (SSSR count). The third-order valence-electron chi connectivity index (χ3n) is 3.22. The number of hydrogen-bond acceptors (Lipinski definition) is 6. The standard InChI is InChI=1S/C17H18N2O5/c1-23-15-6-3-11(7-16(15)24-2)8-17(22)19-18-10-12-4-5-13(20)9-14(12)21/h3-7,9-10,20-21H,8H2,1-2H3,(H,19,22)/b18-10+. The van der Waals surface area contributed by atoms with Crippen LogP contribution in [0.25, 0.3) is 0 Å². The van der Waals surface area contributed by atoms with Gasteiger partial charge in [-0.2, -0.15) is 5.10 Å². The van der Waals surface area contributed by atoms with Gasteiger partial charge in [0.15, 0.2) is 11.5 Å². The maximum absolute atomic E-state index is 11.9. The molecule has 24 heavy (non-hydrogen) atoms. The Balaban J connectivity index is 1.97. The lowest BCUT2D eigenvalue weighted by Gasteiger charge is -2.09. The second-order valence-corrected chi connectivity index (χ2v) is 4.90. The molecule has 0 aliphatic heterocycles. The molecule has 2 aromatic rings. The molecular weight excluding hydrogens is 312 g/mol. The van der Waals surface area contributed by atoms with Crippen LogP contribution < -0.4 is 14.9 Å². The number of phenolic OH excluding ortho intramolecular Hbond substituents is 2. The maximum atomic E-state index is 11.9. The second kappa shape index (κ2) is 7.87. The molecule has 126 valence electrons. The molecule has 1 amide bonds. The van der Waals surface area contributed by atoms with E-state index in [1.807, 2.05) is 0 Å². The van der Waals surface area contributed by atoms with Crippen LogP contribution in [0.1, 0.15) is 11.1 Å². The predicted molar refractivity (Wildman–Crippen MR) is 88.8 cm³/mol. The fourth-order valence-electron chi connectivity index (χ4n) is 2.03. The first-order chi connectivity index (χ1) is 11.5. The zero-order valence-corrected chi connectivity index (χ0v) is 13.3. The smallest absolute Gasteiger partial charge is 0.244 e. The first kappa shape index (κ1) is 17.1. The van der Waals surface area contributed by atoms with E-state index in [1.165, 1.54) is 38.6 Å². The van der Waals surface area contributed by atoms with Crippen molar-refractivity contribution in [1.82, 2.24) is 5.43 Å². The van der Waals surface area contributed by atoms with Crippen LogP contribution in [0.3, 0.4) is 0 Å². The van der Waals surface area contributed by atoms with Gasteiger partial charge in [-0.3, -0.25) is 4.79 Å². The summed E-state index contributed by atoms with van der Waals surface area (Å²) in [6.07, 6.45) is 1.40. The minimum atomic E-state index is -0.322. The number of benzene rings is 2. The highest BCUT2D eigenvalue weighted by Crippen LogP contribution is 2.27. The molecule has 3 N–H and O–H groups in total. The second-order valence-electron chi connectivity index (χ2n) is 4.90. The van der Waals surface area contributed by atoms with Crippen molar-refractivity contribution in [2.24, 2.45) is 5.10 Å². The molecule has 0 aromatic heterocycles. The normalized spacial score (nSPS) is 10.6. The first-order valence-corrected chi connectivity index (χ1v) is 7.08. The van der Waals surface area contributed by atoms with E-state index < -0.39 is 0 Å². The summed E-state index contributed by atoms with van der Waals surface area (Å²) < 4.78 is 10.3. The minimum Gasteiger partial charge on any atom is -0.508 e. The van der Waals surface area contributed by atoms with Crippen molar-refractivity contribution >= 4 is 12.1 Å². The topological polar surface area (TPSA) is 100 Å². The van der Waals surface area contributed by atoms with Gasteiger partial charge in [-0.1, -0.05) is 6.07 Å². The van der Waals surface area contributed by atoms with Crippen molar-refractivity contribution in [2.75, 3.05) is 14.2 Å². The first-order valence-electron chi connectivity index (χ1n) is 7.08. The van der Waals surface area contributed by atoms with E-state index in [9.17, 15) is 15.0 Å². The molecule has 0 aliphatic carbocycles. The van der Waals surface area contributed by atoms with Gasteiger partial charge in [-0.15, -0.1) is 0 Å². The van der Waals surface area contributed by atoms with Crippen LogP contribution in [0.5, 0.6) is 23.0 Å². The van der Waals surface area contributed by atoms with Gasteiger partial charge in [0.1, 0.15) is 11.5 Å². The molecule has 0 fully saturated rings. The Bertz CT molecular complexity index is 759. The molecule has 2 aromatic carbocycles. The molecule has 7 nitrogen and oxygen atoms in total. The zero-order valence-electron chi connectivity index (χ0n) is 13.3. The van der Waals surface area contributed by atoms with E-state index in [0.29, 0.717) is 17.1 Å². The lowest BCUT2D eigenvalue weighted by Crippen LogP contribution is -2.19. The van der Waals surface area contributed by atoms with Crippen molar-refractivity contribution in [2.45, 2.75) is 6.42 Å². The van der Waals surface area contributed by atoms with Gasteiger partial charge in [0.05, 0.1) is 26.9 Å². The molecular formula is C17H18N2O5. The fraction of sp³-hybridized carbons (Fsp3) is 0.176. The summed E-state index contributed by atoms with van der Waals surface area (Å²) in [7, 11) is 3.06. The fourth-order valence-corrected chi connectivity index (χ4v) is 2.03. The van der Waals surface area contributed by atoms with Crippen LogP contribution >= 0.6 is 0 Å². The van der Waals surface area contributed by atoms with Gasteiger partial charge in [-0.25, -0.2) is 5.43 Å². The number of phenols is 2. The van der Waals surface area contributed by atoms with Crippen molar-refractivity contribution in [3.8, 4) is 23.0 Å². The maximum Gasteiger partial charge on any atom is 0.244 e. The Labute approximate surface area is 139 Å². The lowest BCUT2D eigenvalue weighted by molar-refractivity contribution is -0.120. The number of amides is 1. The molecule has 0 atom stereocenters. The molecule has 0 spiro atoms. The number of ether oxygens (including phenoxy) is 2. The van der Waals surface area contributed by atoms with E-state index in [-0.39, 0.29) is 23.8 Å². The monoisotopic (exact) mass is 330 g/mol. The summed E-state index contributed by atoms with van der Waals surface area (Å²) in [5.41, 5.74) is 3.49. The molecule has 0 radical (unpaired) electrons. The number of carbonyl (C=O) groups excluding carboxylic acids is 1. The Kier molecular flexibility index (Phi) is 5.62. The van der Waals surface area contributed by atoms with E-state index in [2.05, 4.69) is 10.5 Å². The SMILES string of the molecule is COc1ccc(CC(=O)N/N=C/c2ccc(O)cc2O)cc1OC. The molecule has 0 aliphatic rings. The number of nitrogens with zero attached hydrogens (tertiary/aromatic N) is 1. The van der Waals surface area contributed by atoms with Gasteiger partial charge in [0, 0.05) is 11.6 Å². The third kappa shape index (κ3) is 4.39. The Morgan fingerprint density at radius 3 is 2.54 bits per heavy atom. The average molecular weight is 330 g/mol. The number of hydrogen-bond donors (Lipinski definition) is 3. The van der Waals surface area contributed by atoms with Gasteiger partial charge in [0.25, 0.3) is 0 Å². The molecule has 0 bridgehead atoms. The molecule has 0 saturated heterocycles. The molecule has 0 heterocycles. The molecule has 7 heteroatoms. The van der Waals surface area contributed by atoms with Crippen LogP contribution in [0, 0.1) is 0 Å². The van der Waals surface area contributed by atoms with Crippen LogP contribution in [-0.4, -0.2) is 36.6 Å². The summed E-state index contributed by atoms with van der Waals surface area (Å²) in [6, 6.07) is 9.28. The molecule has 0 saturated carbocycles. The summed E-state index contributed by atoms with van der Waals surface area (Å²) in [5, 5.41) is 22.6. The van der Waals surface area contributed by atoms with Crippen LogP contribution in [0.4, 0.5) is 0 Å². The van der Waals surface area contributed by atoms with Crippen molar-refractivity contribution < 1.29 is 24.5 Å². The number of methoxy groups -OCH3 is 2. The highest BCUT2D eigenvalue weighted by atomic mass is 16.5. The van der Waals surface area contributed by atoms with Crippen molar-refractivity contribution in [3.63, 3.8) is 0 Å². The summed E-state index contributed by atoms with van der Waals surface area (Å²) in [4.78, 5) is 11.9. The Morgan fingerprint density at radius 2 is 1.88 bits per heavy atom. The van der Waals surface area contributed by atoms with E-state index in [4.69, 9.17) is 9.47 Å². The predicted octanol–water partition coefficient (Wildman–Crippen LogP) is 1.81. The Hall–Kier alpha value is -3.22. The average Bonchev–Trinajstić information content (AvgIpc) is 2.56. The van der Waals surface area contributed by atoms with Crippen LogP contribution in [0.2, 0.25) is 0 Å². The number of carbonyl (C=O) groups is 1. The number of nitrogens with one attached hydrogen (secondary N) is 1. The summed E-state index contributed by atoms with van der Waals surface area (Å²) in [6.45, 7) is 0.